The number of alkyl halides is 3. The highest BCUT2D eigenvalue weighted by Crippen LogP contribution is 2.23. The van der Waals surface area contributed by atoms with Crippen molar-refractivity contribution < 1.29 is 22.6 Å². The molecule has 0 amide bonds. The van der Waals surface area contributed by atoms with E-state index in [1.165, 1.54) is 19.1 Å². The predicted molar refractivity (Wildman–Crippen MR) is 54.2 cm³/mol. The number of nitrogens with zero attached hydrogens (tertiary/aromatic N) is 1. The van der Waals surface area contributed by atoms with E-state index in [0.717, 1.165) is 0 Å². The largest absolute Gasteiger partial charge is 0.405 e. The maximum atomic E-state index is 12.6. The normalized spacial score (nSPS) is 14.4. The zero-order valence-corrected chi connectivity index (χ0v) is 9.59. The lowest BCUT2D eigenvalue weighted by molar-refractivity contribution is -0.183. The standard InChI is InChI=1S/C9H19F3N2O2/c1-15-5-3-14(4-6-16-2)8(7-13)9(10,11)12/h8H,3-7,13H2,1-2H3. The van der Waals surface area contributed by atoms with Crippen molar-refractivity contribution in [3.63, 3.8) is 0 Å². The van der Waals surface area contributed by atoms with Crippen LogP contribution in [0.2, 0.25) is 0 Å². The van der Waals surface area contributed by atoms with Crippen LogP contribution in [0.3, 0.4) is 0 Å². The molecule has 0 heterocycles. The molecule has 98 valence electrons. The zero-order chi connectivity index (χ0) is 12.6. The SMILES string of the molecule is COCCN(CCOC)C(CN)C(F)(F)F. The Kier molecular flexibility index (Phi) is 7.65. The van der Waals surface area contributed by atoms with Crippen LogP contribution < -0.4 is 5.73 Å². The summed E-state index contributed by atoms with van der Waals surface area (Å²) in [7, 11) is 2.89. The molecular weight excluding hydrogens is 225 g/mol. The van der Waals surface area contributed by atoms with Crippen molar-refractivity contribution in [2.75, 3.05) is 47.1 Å². The van der Waals surface area contributed by atoms with E-state index in [4.69, 9.17) is 15.2 Å². The fourth-order valence-corrected chi connectivity index (χ4v) is 1.33. The molecule has 0 spiro atoms. The summed E-state index contributed by atoms with van der Waals surface area (Å²) in [6.07, 6.45) is -4.32. The molecule has 0 aromatic carbocycles. The van der Waals surface area contributed by atoms with Crippen molar-refractivity contribution in [3.8, 4) is 0 Å². The van der Waals surface area contributed by atoms with Crippen molar-refractivity contribution in [2.24, 2.45) is 5.73 Å². The summed E-state index contributed by atoms with van der Waals surface area (Å²) in [5.41, 5.74) is 5.16. The fourth-order valence-electron chi connectivity index (χ4n) is 1.33. The number of nitrogens with two attached hydrogens (primary N) is 1. The predicted octanol–water partition coefficient (Wildman–Crippen LogP) is 0.471. The van der Waals surface area contributed by atoms with Crippen LogP contribution in [0.5, 0.6) is 0 Å². The highest BCUT2D eigenvalue weighted by Gasteiger charge is 2.42. The molecular formula is C9H19F3N2O2. The molecule has 1 atom stereocenters. The van der Waals surface area contributed by atoms with Crippen molar-refractivity contribution in [1.82, 2.24) is 4.90 Å². The third kappa shape index (κ3) is 5.64. The van der Waals surface area contributed by atoms with Crippen LogP contribution in [-0.4, -0.2) is 64.2 Å². The lowest BCUT2D eigenvalue weighted by Crippen LogP contribution is -2.52. The minimum absolute atomic E-state index is 0.182. The molecule has 0 aliphatic rings. The smallest absolute Gasteiger partial charge is 0.383 e. The van der Waals surface area contributed by atoms with E-state index in [-0.39, 0.29) is 26.3 Å². The summed E-state index contributed by atoms with van der Waals surface area (Å²) in [5, 5.41) is 0. The number of hydrogen-bond donors (Lipinski definition) is 1. The average Bonchev–Trinajstić information content (AvgIpc) is 2.20. The molecule has 0 aliphatic heterocycles. The van der Waals surface area contributed by atoms with E-state index in [1.807, 2.05) is 0 Å². The Bertz CT molecular complexity index is 171. The molecule has 0 saturated heterocycles. The van der Waals surface area contributed by atoms with Crippen LogP contribution >= 0.6 is 0 Å². The van der Waals surface area contributed by atoms with Gasteiger partial charge in [-0.05, 0) is 0 Å². The Morgan fingerprint density at radius 2 is 1.56 bits per heavy atom. The molecule has 4 nitrogen and oxygen atoms in total. The molecule has 0 fully saturated rings. The van der Waals surface area contributed by atoms with Crippen LogP contribution in [0.15, 0.2) is 0 Å². The molecule has 0 bridgehead atoms. The second-order valence-electron chi connectivity index (χ2n) is 3.31. The highest BCUT2D eigenvalue weighted by molar-refractivity contribution is 4.79. The van der Waals surface area contributed by atoms with E-state index in [9.17, 15) is 13.2 Å². The first-order valence-corrected chi connectivity index (χ1v) is 4.96. The molecule has 2 N–H and O–H groups in total. The van der Waals surface area contributed by atoms with Gasteiger partial charge in [-0.2, -0.15) is 13.2 Å². The van der Waals surface area contributed by atoms with Gasteiger partial charge >= 0.3 is 6.18 Å². The molecule has 1 unspecified atom stereocenters. The van der Waals surface area contributed by atoms with Crippen LogP contribution in [0, 0.1) is 0 Å². The summed E-state index contributed by atoms with van der Waals surface area (Å²) in [6.45, 7) is 0.367. The molecule has 0 radical (unpaired) electrons. The number of halogens is 3. The number of rotatable bonds is 8. The summed E-state index contributed by atoms with van der Waals surface area (Å²) in [6, 6.07) is -1.64. The van der Waals surface area contributed by atoms with E-state index >= 15 is 0 Å². The Morgan fingerprint density at radius 1 is 1.12 bits per heavy atom. The van der Waals surface area contributed by atoms with Gasteiger partial charge in [-0.3, -0.25) is 4.90 Å². The lowest BCUT2D eigenvalue weighted by Gasteiger charge is -2.31. The van der Waals surface area contributed by atoms with Gasteiger partial charge in [0.2, 0.25) is 0 Å². The maximum absolute atomic E-state index is 12.6. The van der Waals surface area contributed by atoms with Gasteiger partial charge in [0.1, 0.15) is 6.04 Å². The summed E-state index contributed by atoms with van der Waals surface area (Å²) >= 11 is 0. The lowest BCUT2D eigenvalue weighted by atomic mass is 10.2. The van der Waals surface area contributed by atoms with E-state index in [0.29, 0.717) is 0 Å². The van der Waals surface area contributed by atoms with Gasteiger partial charge in [-0.25, -0.2) is 0 Å². The van der Waals surface area contributed by atoms with Crippen LogP contribution in [0.25, 0.3) is 0 Å². The fraction of sp³-hybridized carbons (Fsp3) is 1.00. The van der Waals surface area contributed by atoms with Crippen molar-refractivity contribution in [3.05, 3.63) is 0 Å². The molecule has 0 rings (SSSR count). The van der Waals surface area contributed by atoms with Gasteiger partial charge in [-0.15, -0.1) is 0 Å². The number of ether oxygens (including phenoxy) is 2. The quantitative estimate of drug-likeness (QED) is 0.674. The van der Waals surface area contributed by atoms with E-state index < -0.39 is 18.8 Å². The maximum Gasteiger partial charge on any atom is 0.405 e. The first-order valence-electron chi connectivity index (χ1n) is 4.96. The molecule has 0 aliphatic carbocycles. The van der Waals surface area contributed by atoms with Gasteiger partial charge in [0.15, 0.2) is 0 Å². The minimum atomic E-state index is -4.32. The highest BCUT2D eigenvalue weighted by atomic mass is 19.4. The van der Waals surface area contributed by atoms with Crippen molar-refractivity contribution in [1.29, 1.82) is 0 Å². The zero-order valence-electron chi connectivity index (χ0n) is 9.59. The van der Waals surface area contributed by atoms with E-state index in [2.05, 4.69) is 0 Å². The first kappa shape index (κ1) is 15.6. The Morgan fingerprint density at radius 3 is 1.81 bits per heavy atom. The molecule has 0 aromatic rings. The summed E-state index contributed by atoms with van der Waals surface area (Å²) in [5.74, 6) is 0. The van der Waals surface area contributed by atoms with Gasteiger partial charge in [-0.1, -0.05) is 0 Å². The van der Waals surface area contributed by atoms with Crippen LogP contribution in [0.4, 0.5) is 13.2 Å². The number of methoxy groups -OCH3 is 2. The topological polar surface area (TPSA) is 47.7 Å². The summed E-state index contributed by atoms with van der Waals surface area (Å²) < 4.78 is 47.4. The molecule has 16 heavy (non-hydrogen) atoms. The third-order valence-corrected chi connectivity index (χ3v) is 2.21. The Hall–Kier alpha value is -0.370. The van der Waals surface area contributed by atoms with Crippen LogP contribution in [-0.2, 0) is 9.47 Å². The van der Waals surface area contributed by atoms with Gasteiger partial charge in [0, 0.05) is 33.9 Å². The van der Waals surface area contributed by atoms with Crippen LogP contribution in [0.1, 0.15) is 0 Å². The Balaban J connectivity index is 4.42. The molecule has 0 saturated carbocycles. The second-order valence-corrected chi connectivity index (χ2v) is 3.31. The van der Waals surface area contributed by atoms with Gasteiger partial charge < -0.3 is 15.2 Å². The third-order valence-electron chi connectivity index (χ3n) is 2.21. The molecule has 7 heteroatoms. The number of hydrogen-bond acceptors (Lipinski definition) is 4. The van der Waals surface area contributed by atoms with E-state index in [1.54, 1.807) is 0 Å². The monoisotopic (exact) mass is 244 g/mol. The summed E-state index contributed by atoms with van der Waals surface area (Å²) in [4.78, 5) is 1.23. The van der Waals surface area contributed by atoms with Crippen molar-refractivity contribution in [2.45, 2.75) is 12.2 Å². The van der Waals surface area contributed by atoms with Gasteiger partial charge in [0.05, 0.1) is 13.2 Å². The van der Waals surface area contributed by atoms with Crippen molar-refractivity contribution >= 4 is 0 Å². The second kappa shape index (κ2) is 7.83. The minimum Gasteiger partial charge on any atom is -0.383 e. The Labute approximate surface area is 93.5 Å². The van der Waals surface area contributed by atoms with Gasteiger partial charge in [0.25, 0.3) is 0 Å². The average molecular weight is 244 g/mol. The molecule has 0 aromatic heterocycles. The first-order chi connectivity index (χ1) is 7.47.